The first-order valence-corrected chi connectivity index (χ1v) is 10.7. The second kappa shape index (κ2) is 13.1. The van der Waals surface area contributed by atoms with Gasteiger partial charge in [-0.1, -0.05) is 30.3 Å². The molecular formula is C24H28F3NO6. The van der Waals surface area contributed by atoms with Crippen molar-refractivity contribution in [1.82, 2.24) is 0 Å². The van der Waals surface area contributed by atoms with Gasteiger partial charge in [-0.05, 0) is 44.0 Å². The molecule has 0 amide bonds. The molecule has 2 aromatic rings. The molecule has 0 radical (unpaired) electrons. The van der Waals surface area contributed by atoms with E-state index in [4.69, 9.17) is 14.2 Å². The van der Waals surface area contributed by atoms with Gasteiger partial charge in [0.2, 0.25) is 6.29 Å². The van der Waals surface area contributed by atoms with Gasteiger partial charge in [0.15, 0.2) is 6.29 Å². The molecule has 34 heavy (non-hydrogen) atoms. The van der Waals surface area contributed by atoms with E-state index < -0.39 is 30.5 Å². The second-order valence-electron chi connectivity index (χ2n) is 7.36. The van der Waals surface area contributed by atoms with Crippen molar-refractivity contribution in [2.45, 2.75) is 52.2 Å². The largest absolute Gasteiger partial charge is 0.436 e. The van der Waals surface area contributed by atoms with Gasteiger partial charge in [-0.25, -0.2) is 0 Å². The predicted octanol–water partition coefficient (Wildman–Crippen LogP) is 4.52. The van der Waals surface area contributed by atoms with Crippen LogP contribution in [-0.4, -0.2) is 43.3 Å². The summed E-state index contributed by atoms with van der Waals surface area (Å²) in [5, 5.41) is 9.43. The number of anilines is 1. The monoisotopic (exact) mass is 483 g/mol. The number of hydrogen-bond acceptors (Lipinski definition) is 7. The minimum atomic E-state index is -4.57. The van der Waals surface area contributed by atoms with E-state index in [1.54, 1.807) is 24.0 Å². The van der Waals surface area contributed by atoms with Crippen molar-refractivity contribution in [3.05, 3.63) is 65.2 Å². The van der Waals surface area contributed by atoms with E-state index in [1.807, 2.05) is 18.2 Å². The molecule has 186 valence electrons. The van der Waals surface area contributed by atoms with Crippen molar-refractivity contribution in [2.75, 3.05) is 18.1 Å². The van der Waals surface area contributed by atoms with E-state index in [0.29, 0.717) is 6.29 Å². The van der Waals surface area contributed by atoms with Crippen molar-refractivity contribution in [3.63, 3.8) is 0 Å². The molecule has 0 aromatic heterocycles. The fraction of sp³-hybridized carbons (Fsp3) is 0.417. The van der Waals surface area contributed by atoms with Gasteiger partial charge in [-0.15, -0.1) is 0 Å². The van der Waals surface area contributed by atoms with Crippen LogP contribution in [0, 0.1) is 0 Å². The summed E-state index contributed by atoms with van der Waals surface area (Å²) in [5.74, 6) is -0.615. The minimum absolute atomic E-state index is 0.0564. The fourth-order valence-electron chi connectivity index (χ4n) is 3.21. The Hall–Kier alpha value is -2.95. The lowest BCUT2D eigenvalue weighted by molar-refractivity contribution is -0.312. The lowest BCUT2D eigenvalue weighted by Crippen LogP contribution is -2.28. The van der Waals surface area contributed by atoms with E-state index in [1.165, 1.54) is 6.92 Å². The first-order valence-electron chi connectivity index (χ1n) is 10.7. The molecule has 0 aliphatic rings. The van der Waals surface area contributed by atoms with Crippen molar-refractivity contribution in [3.8, 4) is 0 Å². The van der Waals surface area contributed by atoms with Gasteiger partial charge in [0.1, 0.15) is 0 Å². The maximum absolute atomic E-state index is 13.3. The number of aldehydes is 1. The number of nitrogens with zero attached hydrogens (tertiary/aromatic N) is 1. The molecule has 2 aromatic carbocycles. The van der Waals surface area contributed by atoms with Gasteiger partial charge in [0.25, 0.3) is 6.48 Å². The molecule has 2 unspecified atom stereocenters. The number of rotatable bonds is 13. The summed E-state index contributed by atoms with van der Waals surface area (Å²) in [6.07, 6.45) is -4.94. The van der Waals surface area contributed by atoms with Gasteiger partial charge in [0, 0.05) is 37.4 Å². The van der Waals surface area contributed by atoms with Crippen LogP contribution in [0.15, 0.2) is 48.5 Å². The zero-order valence-corrected chi connectivity index (χ0v) is 19.0. The summed E-state index contributed by atoms with van der Waals surface area (Å²) in [7, 11) is 0. The lowest BCUT2D eigenvalue weighted by atomic mass is 10.1. The number of esters is 1. The Balaban J connectivity index is 2.12. The topological polar surface area (TPSA) is 85.3 Å². The van der Waals surface area contributed by atoms with Crippen LogP contribution in [0.25, 0.3) is 0 Å². The Morgan fingerprint density at radius 3 is 2.50 bits per heavy atom. The highest BCUT2D eigenvalue weighted by molar-refractivity contribution is 5.85. The third-order valence-corrected chi connectivity index (χ3v) is 4.77. The molecule has 0 fully saturated rings. The molecule has 0 bridgehead atoms. The minimum Gasteiger partial charge on any atom is -0.436 e. The molecule has 0 saturated heterocycles. The maximum atomic E-state index is 13.3. The quantitative estimate of drug-likeness (QED) is 0.255. The zero-order chi connectivity index (χ0) is 25.1. The molecule has 0 saturated carbocycles. The highest BCUT2D eigenvalue weighted by Gasteiger charge is 2.31. The summed E-state index contributed by atoms with van der Waals surface area (Å²) in [4.78, 5) is 25.3. The van der Waals surface area contributed by atoms with Gasteiger partial charge < -0.3 is 19.5 Å². The van der Waals surface area contributed by atoms with Crippen LogP contribution < -0.4 is 4.90 Å². The van der Waals surface area contributed by atoms with E-state index in [2.05, 4.69) is 0 Å². The molecule has 0 heterocycles. The van der Waals surface area contributed by atoms with Crippen LogP contribution in [-0.2, 0) is 31.7 Å². The normalized spacial score (nSPS) is 13.2. The Morgan fingerprint density at radius 1 is 1.18 bits per heavy atom. The molecule has 0 spiro atoms. The van der Waals surface area contributed by atoms with Crippen LogP contribution in [0.2, 0.25) is 0 Å². The summed E-state index contributed by atoms with van der Waals surface area (Å²) in [5.41, 5.74) is 0.188. The number of carbonyl (C=O) groups is 2. The third-order valence-electron chi connectivity index (χ3n) is 4.77. The molecule has 0 aliphatic heterocycles. The molecular weight excluding hydrogens is 455 g/mol. The van der Waals surface area contributed by atoms with Crippen LogP contribution in [0.4, 0.5) is 18.9 Å². The van der Waals surface area contributed by atoms with E-state index in [0.717, 1.165) is 23.8 Å². The number of ether oxygens (including phenoxy) is 3. The number of benzene rings is 2. The average molecular weight is 483 g/mol. The Morgan fingerprint density at radius 2 is 1.88 bits per heavy atom. The summed E-state index contributed by atoms with van der Waals surface area (Å²) in [6.45, 7) is 2.17. The summed E-state index contributed by atoms with van der Waals surface area (Å²) in [6, 6.07) is 12.0. The zero-order valence-electron chi connectivity index (χ0n) is 19.0. The van der Waals surface area contributed by atoms with Crippen molar-refractivity contribution >= 4 is 17.9 Å². The highest BCUT2D eigenvalue weighted by atomic mass is 19.4. The van der Waals surface area contributed by atoms with Gasteiger partial charge in [-0.2, -0.15) is 13.2 Å². The van der Waals surface area contributed by atoms with Gasteiger partial charge in [0.05, 0.1) is 5.56 Å². The van der Waals surface area contributed by atoms with Crippen molar-refractivity contribution in [1.29, 1.82) is 0 Å². The van der Waals surface area contributed by atoms with E-state index >= 15 is 0 Å². The van der Waals surface area contributed by atoms with E-state index in [-0.39, 0.29) is 43.8 Å². The van der Waals surface area contributed by atoms with Crippen LogP contribution in [0.1, 0.15) is 48.2 Å². The van der Waals surface area contributed by atoms with Crippen LogP contribution >= 0.6 is 0 Å². The first-order chi connectivity index (χ1) is 16.1. The molecule has 0 aliphatic carbocycles. The average Bonchev–Trinajstić information content (AvgIpc) is 2.78. The smallest absolute Gasteiger partial charge is 0.416 e. The fourth-order valence-corrected chi connectivity index (χ4v) is 3.21. The molecule has 2 rings (SSSR count). The Kier molecular flexibility index (Phi) is 10.5. The number of aliphatic hydroxyl groups is 1. The highest BCUT2D eigenvalue weighted by Crippen LogP contribution is 2.33. The van der Waals surface area contributed by atoms with Crippen LogP contribution in [0.3, 0.4) is 0 Å². The molecule has 1 N–H and O–H groups in total. The van der Waals surface area contributed by atoms with E-state index in [9.17, 15) is 27.9 Å². The van der Waals surface area contributed by atoms with Crippen molar-refractivity contribution < 1.29 is 42.1 Å². The third kappa shape index (κ3) is 8.77. The number of carbonyl (C=O) groups excluding carboxylic acids is 2. The number of aliphatic hydroxyl groups excluding tert-OH is 1. The number of halogens is 3. The maximum Gasteiger partial charge on any atom is 0.416 e. The first kappa shape index (κ1) is 27.3. The number of hydrogen-bond donors (Lipinski definition) is 1. The molecule has 7 nitrogen and oxygen atoms in total. The summed E-state index contributed by atoms with van der Waals surface area (Å²) < 4.78 is 54.7. The molecule has 2 atom stereocenters. The predicted molar refractivity (Wildman–Crippen MR) is 118 cm³/mol. The Labute approximate surface area is 196 Å². The Bertz CT molecular complexity index is 923. The van der Waals surface area contributed by atoms with Crippen molar-refractivity contribution in [2.24, 2.45) is 0 Å². The SMILES string of the molecule is CCOC(O)OC(C)OC(=O)CCCN(Cc1ccccc1)c1cc(C(F)(F)F)ccc1C=O. The van der Waals surface area contributed by atoms with Gasteiger partial charge >= 0.3 is 12.1 Å². The van der Waals surface area contributed by atoms with Crippen LogP contribution in [0.5, 0.6) is 0 Å². The lowest BCUT2D eigenvalue weighted by Gasteiger charge is -2.27. The van der Waals surface area contributed by atoms with Gasteiger partial charge in [-0.3, -0.25) is 14.3 Å². The molecule has 10 heteroatoms. The standard InChI is InChI=1S/C24H28F3NO6/c1-3-32-23(31)34-17(2)33-22(30)10-7-13-28(15-18-8-5-4-6-9-18)21-14-20(24(25,26)27)12-11-19(21)16-29/h4-6,8-9,11-12,14,16-17,23,31H,3,7,10,13,15H2,1-2H3. The summed E-state index contributed by atoms with van der Waals surface area (Å²) >= 11 is 0. The number of alkyl halides is 3. The second-order valence-corrected chi connectivity index (χ2v) is 7.36.